The zero-order valence-electron chi connectivity index (χ0n) is 8.62. The van der Waals surface area contributed by atoms with Gasteiger partial charge in [-0.15, -0.1) is 23.4 Å². The number of ether oxygens (including phenoxy) is 1. The van der Waals surface area contributed by atoms with Crippen LogP contribution in [0.5, 0.6) is 0 Å². The van der Waals surface area contributed by atoms with Gasteiger partial charge >= 0.3 is 0 Å². The van der Waals surface area contributed by atoms with E-state index >= 15 is 0 Å². The molecule has 2 rings (SSSR count). The first-order valence-electron chi connectivity index (χ1n) is 5.24. The molecular formula is C12H15ClOS. The standard InChI is InChI=1S/C12H15ClOS/c13-7-10-1-3-12(4-2-10)15-9-11-5-6-14-8-11/h1-4,11H,5-9H2. The van der Waals surface area contributed by atoms with Crippen molar-refractivity contribution in [3.8, 4) is 0 Å². The molecule has 0 amide bonds. The molecule has 3 heteroatoms. The van der Waals surface area contributed by atoms with Crippen LogP contribution in [0.4, 0.5) is 0 Å². The maximum atomic E-state index is 5.74. The van der Waals surface area contributed by atoms with Crippen LogP contribution in [0.25, 0.3) is 0 Å². The second-order valence-corrected chi connectivity index (χ2v) is 5.18. The summed E-state index contributed by atoms with van der Waals surface area (Å²) in [6.45, 7) is 1.88. The lowest BCUT2D eigenvalue weighted by Crippen LogP contribution is -2.01. The van der Waals surface area contributed by atoms with Crippen LogP contribution < -0.4 is 0 Å². The van der Waals surface area contributed by atoms with E-state index < -0.39 is 0 Å². The van der Waals surface area contributed by atoms with E-state index in [1.807, 2.05) is 11.8 Å². The molecule has 0 bridgehead atoms. The Bertz CT molecular complexity index is 293. The van der Waals surface area contributed by atoms with E-state index in [9.17, 15) is 0 Å². The van der Waals surface area contributed by atoms with Crippen LogP contribution in [0.15, 0.2) is 29.2 Å². The Balaban J connectivity index is 1.82. The van der Waals surface area contributed by atoms with Crippen LogP contribution in [0, 0.1) is 5.92 Å². The Labute approximate surface area is 100 Å². The average molecular weight is 243 g/mol. The number of rotatable bonds is 4. The molecule has 1 saturated heterocycles. The monoisotopic (exact) mass is 242 g/mol. The molecule has 1 fully saturated rings. The second-order valence-electron chi connectivity index (χ2n) is 3.82. The van der Waals surface area contributed by atoms with Gasteiger partial charge in [0.25, 0.3) is 0 Å². The van der Waals surface area contributed by atoms with E-state index in [0.29, 0.717) is 5.88 Å². The summed E-state index contributed by atoms with van der Waals surface area (Å²) >= 11 is 7.65. The number of benzene rings is 1. The van der Waals surface area contributed by atoms with E-state index in [4.69, 9.17) is 16.3 Å². The normalized spacial score (nSPS) is 20.7. The van der Waals surface area contributed by atoms with Gasteiger partial charge in [0, 0.05) is 23.1 Å². The molecule has 15 heavy (non-hydrogen) atoms. The molecule has 1 nitrogen and oxygen atoms in total. The highest BCUT2D eigenvalue weighted by molar-refractivity contribution is 7.99. The number of halogens is 1. The number of alkyl halides is 1. The third-order valence-electron chi connectivity index (χ3n) is 2.59. The lowest BCUT2D eigenvalue weighted by Gasteiger charge is -2.06. The van der Waals surface area contributed by atoms with Crippen LogP contribution in [-0.4, -0.2) is 19.0 Å². The van der Waals surface area contributed by atoms with E-state index in [2.05, 4.69) is 24.3 Å². The fourth-order valence-corrected chi connectivity index (χ4v) is 2.80. The highest BCUT2D eigenvalue weighted by Gasteiger charge is 2.15. The minimum absolute atomic E-state index is 0.599. The van der Waals surface area contributed by atoms with Gasteiger partial charge in [0.1, 0.15) is 0 Å². The van der Waals surface area contributed by atoms with Gasteiger partial charge in [-0.3, -0.25) is 0 Å². The van der Waals surface area contributed by atoms with Crippen LogP contribution >= 0.6 is 23.4 Å². The second kappa shape index (κ2) is 5.78. The first-order chi connectivity index (χ1) is 7.38. The fraction of sp³-hybridized carbons (Fsp3) is 0.500. The van der Waals surface area contributed by atoms with Gasteiger partial charge in [-0.2, -0.15) is 0 Å². The van der Waals surface area contributed by atoms with Gasteiger partial charge in [-0.1, -0.05) is 12.1 Å². The lowest BCUT2D eigenvalue weighted by molar-refractivity contribution is 0.189. The summed E-state index contributed by atoms with van der Waals surface area (Å²) in [6.07, 6.45) is 1.22. The molecule has 0 aliphatic carbocycles. The van der Waals surface area contributed by atoms with E-state index in [-0.39, 0.29) is 0 Å². The Morgan fingerprint density at radius 3 is 2.73 bits per heavy atom. The number of thioether (sulfide) groups is 1. The molecule has 0 radical (unpaired) electrons. The van der Waals surface area contributed by atoms with Crippen LogP contribution in [0.2, 0.25) is 0 Å². The summed E-state index contributed by atoms with van der Waals surface area (Å²) < 4.78 is 5.35. The SMILES string of the molecule is ClCc1ccc(SCC2CCOC2)cc1. The van der Waals surface area contributed by atoms with E-state index in [1.54, 1.807) is 0 Å². The largest absolute Gasteiger partial charge is 0.381 e. The summed E-state index contributed by atoms with van der Waals surface area (Å²) in [5.74, 6) is 2.50. The number of hydrogen-bond donors (Lipinski definition) is 0. The quantitative estimate of drug-likeness (QED) is 0.590. The molecule has 1 aliphatic heterocycles. The van der Waals surface area contributed by atoms with Gasteiger partial charge in [0.05, 0.1) is 6.61 Å². The third-order valence-corrected chi connectivity index (χ3v) is 4.14. The van der Waals surface area contributed by atoms with Crippen molar-refractivity contribution in [3.63, 3.8) is 0 Å². The highest BCUT2D eigenvalue weighted by Crippen LogP contribution is 2.25. The first-order valence-corrected chi connectivity index (χ1v) is 6.76. The molecule has 0 spiro atoms. The van der Waals surface area contributed by atoms with Crippen molar-refractivity contribution < 1.29 is 4.74 Å². The van der Waals surface area contributed by atoms with Gasteiger partial charge < -0.3 is 4.74 Å². The van der Waals surface area contributed by atoms with Crippen molar-refractivity contribution in [1.82, 2.24) is 0 Å². The zero-order valence-corrected chi connectivity index (χ0v) is 10.2. The number of hydrogen-bond acceptors (Lipinski definition) is 2. The fourth-order valence-electron chi connectivity index (χ4n) is 1.60. The van der Waals surface area contributed by atoms with Crippen LogP contribution in [0.3, 0.4) is 0 Å². The molecule has 1 aromatic carbocycles. The summed E-state index contributed by atoms with van der Waals surface area (Å²) in [5.41, 5.74) is 1.19. The minimum Gasteiger partial charge on any atom is -0.381 e. The van der Waals surface area contributed by atoms with Gasteiger partial charge in [0.2, 0.25) is 0 Å². The predicted octanol–water partition coefficient (Wildman–Crippen LogP) is 3.55. The van der Waals surface area contributed by atoms with Gasteiger partial charge in [-0.25, -0.2) is 0 Å². The average Bonchev–Trinajstić information content (AvgIpc) is 2.80. The molecule has 1 aliphatic rings. The van der Waals surface area contributed by atoms with Crippen molar-refractivity contribution in [1.29, 1.82) is 0 Å². The van der Waals surface area contributed by atoms with Gasteiger partial charge in [-0.05, 0) is 30.0 Å². The van der Waals surface area contributed by atoms with Crippen molar-refractivity contribution in [3.05, 3.63) is 29.8 Å². The molecule has 1 unspecified atom stereocenters. The van der Waals surface area contributed by atoms with Crippen molar-refractivity contribution in [2.24, 2.45) is 5.92 Å². The molecule has 82 valence electrons. The van der Waals surface area contributed by atoms with Crippen molar-refractivity contribution in [2.75, 3.05) is 19.0 Å². The predicted molar refractivity (Wildman–Crippen MR) is 65.6 cm³/mol. The van der Waals surface area contributed by atoms with Crippen LogP contribution in [0.1, 0.15) is 12.0 Å². The third kappa shape index (κ3) is 3.40. The summed E-state index contributed by atoms with van der Waals surface area (Å²) in [4.78, 5) is 1.33. The van der Waals surface area contributed by atoms with Crippen LogP contribution in [-0.2, 0) is 10.6 Å². The highest BCUT2D eigenvalue weighted by atomic mass is 35.5. The molecule has 0 aromatic heterocycles. The molecule has 1 heterocycles. The summed E-state index contributed by atoms with van der Waals surface area (Å²) in [7, 11) is 0. The summed E-state index contributed by atoms with van der Waals surface area (Å²) in [5, 5.41) is 0. The maximum absolute atomic E-state index is 5.74. The molecule has 0 saturated carbocycles. The Morgan fingerprint density at radius 1 is 1.33 bits per heavy atom. The topological polar surface area (TPSA) is 9.23 Å². The Kier molecular flexibility index (Phi) is 4.36. The summed E-state index contributed by atoms with van der Waals surface area (Å²) in [6, 6.07) is 8.50. The Hall–Kier alpha value is -0.180. The van der Waals surface area contributed by atoms with E-state index in [1.165, 1.54) is 22.6 Å². The van der Waals surface area contributed by atoms with Crippen molar-refractivity contribution in [2.45, 2.75) is 17.2 Å². The van der Waals surface area contributed by atoms with Gasteiger partial charge in [0.15, 0.2) is 0 Å². The van der Waals surface area contributed by atoms with E-state index in [0.717, 1.165) is 19.1 Å². The van der Waals surface area contributed by atoms with Crippen molar-refractivity contribution >= 4 is 23.4 Å². The molecular weight excluding hydrogens is 228 g/mol. The molecule has 0 N–H and O–H groups in total. The smallest absolute Gasteiger partial charge is 0.0503 e. The molecule has 1 atom stereocenters. The maximum Gasteiger partial charge on any atom is 0.0503 e. The molecule has 1 aromatic rings. The zero-order chi connectivity index (χ0) is 10.5. The first kappa shape index (κ1) is 11.3. The minimum atomic E-state index is 0.599. The Morgan fingerprint density at radius 2 is 2.13 bits per heavy atom. The lowest BCUT2D eigenvalue weighted by atomic mass is 10.2.